The molecule has 0 bridgehead atoms. The van der Waals surface area contributed by atoms with Gasteiger partial charge in [-0.25, -0.2) is 0 Å². The molecular formula is C9H16N2O2S. The Balaban J connectivity index is 2.43. The van der Waals surface area contributed by atoms with Gasteiger partial charge in [-0.1, -0.05) is 26.5 Å². The molecule has 80 valence electrons. The van der Waals surface area contributed by atoms with Crippen molar-refractivity contribution in [2.24, 2.45) is 5.92 Å². The summed E-state index contributed by atoms with van der Waals surface area (Å²) in [6.07, 6.45) is 0. The summed E-state index contributed by atoms with van der Waals surface area (Å²) in [7, 11) is 0. The Morgan fingerprint density at radius 1 is 1.07 bits per heavy atom. The van der Waals surface area contributed by atoms with E-state index in [2.05, 4.69) is 12.6 Å². The molecule has 0 saturated carbocycles. The van der Waals surface area contributed by atoms with Crippen molar-refractivity contribution in [3.63, 3.8) is 0 Å². The van der Waals surface area contributed by atoms with Gasteiger partial charge < -0.3 is 9.80 Å². The molecule has 2 amide bonds. The predicted octanol–water partition coefficient (Wildman–Crippen LogP) is 0.836. The summed E-state index contributed by atoms with van der Waals surface area (Å²) in [5.41, 5.74) is 0. The number of rotatable bonds is 1. The van der Waals surface area contributed by atoms with Crippen molar-refractivity contribution in [3.05, 3.63) is 0 Å². The minimum atomic E-state index is -0.207. The molecule has 1 rings (SSSR count). The minimum Gasteiger partial charge on any atom is -0.339 e. The SMILES string of the molecule is CC(C)C(=O)N1CCN(C(=O)S)CC1. The largest absolute Gasteiger partial charge is 0.339 e. The highest BCUT2D eigenvalue weighted by Gasteiger charge is 2.23. The second kappa shape index (κ2) is 4.68. The Bertz CT molecular complexity index is 235. The highest BCUT2D eigenvalue weighted by molar-refractivity contribution is 7.96. The second-order valence-electron chi connectivity index (χ2n) is 3.75. The van der Waals surface area contributed by atoms with E-state index in [1.54, 1.807) is 9.80 Å². The third kappa shape index (κ3) is 2.64. The molecule has 4 nitrogen and oxygen atoms in total. The van der Waals surface area contributed by atoms with Crippen LogP contribution in [0.1, 0.15) is 13.8 Å². The van der Waals surface area contributed by atoms with Gasteiger partial charge in [0.2, 0.25) is 5.91 Å². The molecule has 0 aliphatic carbocycles. The summed E-state index contributed by atoms with van der Waals surface area (Å²) in [4.78, 5) is 25.9. The van der Waals surface area contributed by atoms with Gasteiger partial charge in [0, 0.05) is 32.1 Å². The van der Waals surface area contributed by atoms with E-state index in [-0.39, 0.29) is 17.1 Å². The third-order valence-corrected chi connectivity index (χ3v) is 2.64. The number of hydrogen-bond acceptors (Lipinski definition) is 2. The van der Waals surface area contributed by atoms with Gasteiger partial charge in [0.05, 0.1) is 0 Å². The van der Waals surface area contributed by atoms with Gasteiger partial charge in [-0.05, 0) is 0 Å². The fraction of sp³-hybridized carbons (Fsp3) is 0.778. The van der Waals surface area contributed by atoms with Gasteiger partial charge in [0.15, 0.2) is 0 Å². The van der Waals surface area contributed by atoms with Gasteiger partial charge in [-0.2, -0.15) is 0 Å². The maximum atomic E-state index is 11.6. The van der Waals surface area contributed by atoms with Crippen molar-refractivity contribution in [1.29, 1.82) is 0 Å². The highest BCUT2D eigenvalue weighted by Crippen LogP contribution is 2.08. The summed E-state index contributed by atoms with van der Waals surface area (Å²) in [5, 5.41) is -0.207. The zero-order chi connectivity index (χ0) is 10.7. The minimum absolute atomic E-state index is 0.0354. The van der Waals surface area contributed by atoms with Crippen LogP contribution in [0.3, 0.4) is 0 Å². The molecule has 14 heavy (non-hydrogen) atoms. The first kappa shape index (κ1) is 11.4. The quantitative estimate of drug-likeness (QED) is 0.660. The first-order chi connectivity index (χ1) is 6.52. The molecule has 0 N–H and O–H groups in total. The number of carbonyl (C=O) groups is 2. The molecule has 5 heteroatoms. The number of amides is 2. The summed E-state index contributed by atoms with van der Waals surface area (Å²) in [6.45, 7) is 6.23. The normalized spacial score (nSPS) is 17.4. The maximum Gasteiger partial charge on any atom is 0.278 e. The lowest BCUT2D eigenvalue weighted by atomic mass is 10.2. The summed E-state index contributed by atoms with van der Waals surface area (Å²) >= 11 is 3.75. The molecular weight excluding hydrogens is 200 g/mol. The number of carbonyl (C=O) groups excluding carboxylic acids is 2. The molecule has 0 radical (unpaired) electrons. The lowest BCUT2D eigenvalue weighted by molar-refractivity contribution is -0.135. The smallest absolute Gasteiger partial charge is 0.278 e. The second-order valence-corrected chi connectivity index (χ2v) is 4.13. The van der Waals surface area contributed by atoms with Crippen molar-refractivity contribution in [2.75, 3.05) is 26.2 Å². The van der Waals surface area contributed by atoms with Crippen molar-refractivity contribution >= 4 is 23.8 Å². The van der Waals surface area contributed by atoms with Crippen LogP contribution in [0.4, 0.5) is 4.79 Å². The van der Waals surface area contributed by atoms with Crippen LogP contribution >= 0.6 is 12.6 Å². The van der Waals surface area contributed by atoms with Crippen LogP contribution in [-0.2, 0) is 4.79 Å². The van der Waals surface area contributed by atoms with Crippen molar-refractivity contribution < 1.29 is 9.59 Å². The van der Waals surface area contributed by atoms with Gasteiger partial charge in [-0.15, -0.1) is 0 Å². The van der Waals surface area contributed by atoms with E-state index in [9.17, 15) is 9.59 Å². The van der Waals surface area contributed by atoms with Crippen LogP contribution in [0.25, 0.3) is 0 Å². The predicted molar refractivity (Wildman–Crippen MR) is 57.4 cm³/mol. The Morgan fingerprint density at radius 3 is 1.86 bits per heavy atom. The van der Waals surface area contributed by atoms with E-state index in [1.807, 2.05) is 13.8 Å². The molecule has 1 aliphatic heterocycles. The summed E-state index contributed by atoms with van der Waals surface area (Å²) in [5.74, 6) is 0.199. The standard InChI is InChI=1S/C9H16N2O2S/c1-7(2)8(12)10-3-5-11(6-4-10)9(13)14/h7H,3-6H2,1-2H3,(H,13,14). The van der Waals surface area contributed by atoms with E-state index in [0.717, 1.165) is 0 Å². The number of thiol groups is 1. The number of piperazine rings is 1. The average molecular weight is 216 g/mol. The number of hydrogen-bond donors (Lipinski definition) is 1. The van der Waals surface area contributed by atoms with Crippen LogP contribution in [-0.4, -0.2) is 47.1 Å². The highest BCUT2D eigenvalue weighted by atomic mass is 32.1. The molecule has 0 unspecified atom stereocenters. The molecule has 1 saturated heterocycles. The molecule has 0 spiro atoms. The first-order valence-corrected chi connectivity index (χ1v) is 5.23. The topological polar surface area (TPSA) is 40.6 Å². The van der Waals surface area contributed by atoms with Crippen LogP contribution in [0.15, 0.2) is 0 Å². The van der Waals surface area contributed by atoms with Gasteiger partial charge >= 0.3 is 0 Å². The van der Waals surface area contributed by atoms with E-state index < -0.39 is 0 Å². The Morgan fingerprint density at radius 2 is 1.50 bits per heavy atom. The average Bonchev–Trinajstić information content (AvgIpc) is 2.16. The Hall–Kier alpha value is -0.710. The van der Waals surface area contributed by atoms with Crippen molar-refractivity contribution in [1.82, 2.24) is 9.80 Å². The fourth-order valence-electron chi connectivity index (χ4n) is 1.48. The van der Waals surface area contributed by atoms with E-state index >= 15 is 0 Å². The molecule has 1 fully saturated rings. The first-order valence-electron chi connectivity index (χ1n) is 4.79. The lowest BCUT2D eigenvalue weighted by Gasteiger charge is -2.34. The van der Waals surface area contributed by atoms with Crippen LogP contribution in [0.2, 0.25) is 0 Å². The van der Waals surface area contributed by atoms with Gasteiger partial charge in [0.1, 0.15) is 0 Å². The summed E-state index contributed by atoms with van der Waals surface area (Å²) in [6, 6.07) is 0. The molecule has 0 atom stereocenters. The molecule has 1 heterocycles. The molecule has 0 aromatic rings. The maximum absolute atomic E-state index is 11.6. The van der Waals surface area contributed by atoms with Crippen molar-refractivity contribution in [2.45, 2.75) is 13.8 Å². The lowest BCUT2D eigenvalue weighted by Crippen LogP contribution is -2.50. The Kier molecular flexibility index (Phi) is 3.80. The molecule has 1 aliphatic rings. The Labute approximate surface area is 89.7 Å². The summed E-state index contributed by atoms with van der Waals surface area (Å²) < 4.78 is 0. The molecule has 0 aromatic carbocycles. The van der Waals surface area contributed by atoms with E-state index in [1.165, 1.54) is 0 Å². The monoisotopic (exact) mass is 216 g/mol. The van der Waals surface area contributed by atoms with Crippen molar-refractivity contribution in [3.8, 4) is 0 Å². The zero-order valence-electron chi connectivity index (χ0n) is 8.56. The zero-order valence-corrected chi connectivity index (χ0v) is 9.46. The number of nitrogens with zero attached hydrogens (tertiary/aromatic N) is 2. The van der Waals surface area contributed by atoms with Gasteiger partial charge in [0.25, 0.3) is 5.24 Å². The van der Waals surface area contributed by atoms with Crippen LogP contribution in [0, 0.1) is 5.92 Å². The fourth-order valence-corrected chi connectivity index (χ4v) is 1.68. The van der Waals surface area contributed by atoms with E-state index in [4.69, 9.17) is 0 Å². The van der Waals surface area contributed by atoms with Crippen LogP contribution < -0.4 is 0 Å². The third-order valence-electron chi connectivity index (χ3n) is 2.36. The van der Waals surface area contributed by atoms with Gasteiger partial charge in [-0.3, -0.25) is 9.59 Å². The van der Waals surface area contributed by atoms with E-state index in [0.29, 0.717) is 26.2 Å². The van der Waals surface area contributed by atoms with Crippen LogP contribution in [0.5, 0.6) is 0 Å². The molecule has 0 aromatic heterocycles.